The molecule has 23 heavy (non-hydrogen) atoms. The van der Waals surface area contributed by atoms with E-state index >= 15 is 0 Å². The number of nitrogens with two attached hydrogens (primary N) is 1. The maximum Gasteiger partial charge on any atom is 1.00 e. The predicted octanol–water partition coefficient (Wildman–Crippen LogP) is 1.42. The van der Waals surface area contributed by atoms with Crippen molar-refractivity contribution in [2.24, 2.45) is 11.1 Å². The standard InChI is InChI=1S/C18H35NO3.Na.H/c1-3-4-5-6-7-8-9-10-11-12-13-14-16(20)18(2,15-19)17(21)22;;/h3-15,19H2,1-2H3,(H,21,22);;/q;+1;-1. The van der Waals surface area contributed by atoms with Crippen LogP contribution in [0.1, 0.15) is 92.3 Å². The van der Waals surface area contributed by atoms with Crippen molar-refractivity contribution in [2.45, 2.75) is 90.9 Å². The maximum atomic E-state index is 11.9. The summed E-state index contributed by atoms with van der Waals surface area (Å²) >= 11 is 0. The molecule has 0 aromatic rings. The minimum absolute atomic E-state index is 0. The first-order valence-electron chi connectivity index (χ1n) is 8.95. The molecule has 0 rings (SSSR count). The first-order valence-corrected chi connectivity index (χ1v) is 8.95. The van der Waals surface area contributed by atoms with Crippen molar-refractivity contribution in [3.05, 3.63) is 0 Å². The summed E-state index contributed by atoms with van der Waals surface area (Å²) in [5, 5.41) is 9.08. The molecule has 0 aromatic heterocycles. The second kappa shape index (κ2) is 15.6. The Bertz CT molecular complexity index is 329. The van der Waals surface area contributed by atoms with E-state index < -0.39 is 11.4 Å². The topological polar surface area (TPSA) is 80.4 Å². The number of hydrogen-bond acceptors (Lipinski definition) is 3. The van der Waals surface area contributed by atoms with Crippen LogP contribution in [0.2, 0.25) is 0 Å². The van der Waals surface area contributed by atoms with E-state index in [9.17, 15) is 9.59 Å². The van der Waals surface area contributed by atoms with Crippen LogP contribution in [0.15, 0.2) is 0 Å². The van der Waals surface area contributed by atoms with E-state index in [4.69, 9.17) is 10.8 Å². The Balaban J connectivity index is -0.00000220. The fourth-order valence-electron chi connectivity index (χ4n) is 2.55. The molecule has 1 atom stereocenters. The van der Waals surface area contributed by atoms with Gasteiger partial charge in [-0.05, 0) is 13.3 Å². The van der Waals surface area contributed by atoms with Gasteiger partial charge in [0.1, 0.15) is 5.41 Å². The number of carboxylic acid groups (broad SMARTS) is 1. The van der Waals surface area contributed by atoms with E-state index in [-0.39, 0.29) is 43.3 Å². The van der Waals surface area contributed by atoms with Gasteiger partial charge in [0.05, 0.1) is 0 Å². The molecule has 5 heteroatoms. The quantitative estimate of drug-likeness (QED) is 0.269. The second-order valence-corrected chi connectivity index (χ2v) is 6.55. The Kier molecular flexibility index (Phi) is 17.2. The van der Waals surface area contributed by atoms with E-state index in [1.165, 1.54) is 58.3 Å². The van der Waals surface area contributed by atoms with Crippen LogP contribution in [0.5, 0.6) is 0 Å². The molecule has 0 fully saturated rings. The first kappa shape index (κ1) is 25.3. The summed E-state index contributed by atoms with van der Waals surface area (Å²) in [5.74, 6) is -1.35. The smallest absolute Gasteiger partial charge is 1.00 e. The van der Waals surface area contributed by atoms with E-state index in [2.05, 4.69) is 6.92 Å². The normalized spacial score (nSPS) is 13.2. The zero-order valence-corrected chi connectivity index (χ0v) is 17.5. The number of Topliss-reactive ketones (excluding diaryl/α,β-unsaturated/α-hetero) is 1. The van der Waals surface area contributed by atoms with Crippen LogP contribution in [0, 0.1) is 5.41 Å². The van der Waals surface area contributed by atoms with Crippen molar-refractivity contribution >= 4 is 11.8 Å². The van der Waals surface area contributed by atoms with Crippen LogP contribution in [-0.2, 0) is 9.59 Å². The first-order chi connectivity index (χ1) is 10.5. The Morgan fingerprint density at radius 2 is 1.30 bits per heavy atom. The van der Waals surface area contributed by atoms with Crippen LogP contribution in [0.4, 0.5) is 0 Å². The zero-order valence-electron chi connectivity index (χ0n) is 16.5. The van der Waals surface area contributed by atoms with Crippen molar-refractivity contribution in [1.82, 2.24) is 0 Å². The molecule has 0 aliphatic rings. The number of carboxylic acids is 1. The van der Waals surface area contributed by atoms with Gasteiger partial charge in [0.15, 0.2) is 5.78 Å². The molecule has 0 heterocycles. The number of unbranched alkanes of at least 4 members (excludes halogenated alkanes) is 10. The monoisotopic (exact) mass is 337 g/mol. The summed E-state index contributed by atoms with van der Waals surface area (Å²) in [6.45, 7) is 3.53. The molecule has 0 amide bonds. The van der Waals surface area contributed by atoms with Crippen LogP contribution in [-0.4, -0.2) is 23.4 Å². The summed E-state index contributed by atoms with van der Waals surface area (Å²) in [5.41, 5.74) is 4.03. The molecule has 3 N–H and O–H groups in total. The number of rotatable bonds is 15. The van der Waals surface area contributed by atoms with Gasteiger partial charge in [0, 0.05) is 13.0 Å². The Labute approximate surface area is 165 Å². The zero-order chi connectivity index (χ0) is 16.8. The van der Waals surface area contributed by atoms with Crippen molar-refractivity contribution in [3.63, 3.8) is 0 Å². The molecule has 0 saturated heterocycles. The van der Waals surface area contributed by atoms with E-state index in [0.717, 1.165) is 19.3 Å². The Morgan fingerprint density at radius 1 is 0.913 bits per heavy atom. The number of ketones is 1. The van der Waals surface area contributed by atoms with Crippen molar-refractivity contribution < 1.29 is 45.7 Å². The summed E-state index contributed by atoms with van der Waals surface area (Å²) in [6.07, 6.45) is 13.8. The van der Waals surface area contributed by atoms with Crippen molar-refractivity contribution in [2.75, 3.05) is 6.54 Å². The summed E-state index contributed by atoms with van der Waals surface area (Å²) in [4.78, 5) is 23.0. The predicted molar refractivity (Wildman–Crippen MR) is 92.0 cm³/mol. The van der Waals surface area contributed by atoms with Crippen LogP contribution >= 0.6 is 0 Å². The average Bonchev–Trinajstić information content (AvgIpc) is 2.51. The van der Waals surface area contributed by atoms with Gasteiger partial charge in [-0.2, -0.15) is 0 Å². The van der Waals surface area contributed by atoms with Gasteiger partial charge >= 0.3 is 35.5 Å². The van der Waals surface area contributed by atoms with Crippen LogP contribution in [0.25, 0.3) is 0 Å². The number of carbonyl (C=O) groups excluding carboxylic acids is 1. The molecule has 1 unspecified atom stereocenters. The maximum absolute atomic E-state index is 11.9. The second-order valence-electron chi connectivity index (χ2n) is 6.55. The SMILES string of the molecule is CCCCCCCCCCCCCC(=O)C(C)(CN)C(=O)O.[H-].[Na+]. The van der Waals surface area contributed by atoms with Gasteiger partial charge in [0.25, 0.3) is 0 Å². The molecule has 4 nitrogen and oxygen atoms in total. The molecule has 0 aliphatic heterocycles. The summed E-state index contributed by atoms with van der Waals surface area (Å²) in [6, 6.07) is 0. The van der Waals surface area contributed by atoms with E-state index in [1.54, 1.807) is 0 Å². The molecule has 132 valence electrons. The van der Waals surface area contributed by atoms with Gasteiger partial charge in [-0.15, -0.1) is 0 Å². The van der Waals surface area contributed by atoms with Crippen LogP contribution < -0.4 is 35.3 Å². The van der Waals surface area contributed by atoms with Crippen molar-refractivity contribution in [3.8, 4) is 0 Å². The van der Waals surface area contributed by atoms with Crippen molar-refractivity contribution in [1.29, 1.82) is 0 Å². The fraction of sp³-hybridized carbons (Fsp3) is 0.889. The van der Waals surface area contributed by atoms with E-state index in [1.807, 2.05) is 0 Å². The molecular weight excluding hydrogens is 301 g/mol. The van der Waals surface area contributed by atoms with Gasteiger partial charge < -0.3 is 12.3 Å². The van der Waals surface area contributed by atoms with Gasteiger partial charge in [-0.25, -0.2) is 0 Å². The minimum Gasteiger partial charge on any atom is -1.00 e. The number of carbonyl (C=O) groups is 2. The van der Waals surface area contributed by atoms with E-state index in [0.29, 0.717) is 6.42 Å². The summed E-state index contributed by atoms with van der Waals surface area (Å²) in [7, 11) is 0. The molecular formula is C18H36NNaO3. The third-order valence-electron chi connectivity index (χ3n) is 4.50. The minimum atomic E-state index is -1.40. The van der Waals surface area contributed by atoms with Gasteiger partial charge in [0.2, 0.25) is 0 Å². The molecule has 0 spiro atoms. The molecule has 0 saturated carbocycles. The van der Waals surface area contributed by atoms with Gasteiger partial charge in [-0.3, -0.25) is 9.59 Å². The average molecular weight is 337 g/mol. The molecule has 0 aromatic carbocycles. The fourth-order valence-corrected chi connectivity index (χ4v) is 2.55. The Morgan fingerprint density at radius 3 is 1.65 bits per heavy atom. The third kappa shape index (κ3) is 11.3. The number of hydrogen-bond donors (Lipinski definition) is 2. The molecule has 0 aliphatic carbocycles. The van der Waals surface area contributed by atoms with Crippen LogP contribution in [0.3, 0.4) is 0 Å². The van der Waals surface area contributed by atoms with Gasteiger partial charge in [-0.1, -0.05) is 71.1 Å². The molecule has 0 radical (unpaired) electrons. The largest absolute Gasteiger partial charge is 1.00 e. The third-order valence-corrected chi connectivity index (χ3v) is 4.50. The number of aliphatic carboxylic acids is 1. The Hall–Kier alpha value is 0.100. The molecule has 0 bridgehead atoms. The summed E-state index contributed by atoms with van der Waals surface area (Å²) < 4.78 is 0.